The molecule has 0 spiro atoms. The molecule has 2 amide bonds. The van der Waals surface area contributed by atoms with Gasteiger partial charge in [-0.25, -0.2) is 4.68 Å². The average Bonchev–Trinajstić information content (AvgIpc) is 3.10. The van der Waals surface area contributed by atoms with Crippen LogP contribution >= 0.6 is 0 Å². The summed E-state index contributed by atoms with van der Waals surface area (Å²) in [5.74, 6) is 0.876. The second-order valence-electron chi connectivity index (χ2n) is 5.84. The highest BCUT2D eigenvalue weighted by atomic mass is 16.2. The maximum absolute atomic E-state index is 12.7. The van der Waals surface area contributed by atoms with Gasteiger partial charge in [-0.2, -0.15) is 5.10 Å². The summed E-state index contributed by atoms with van der Waals surface area (Å²) in [6, 6.07) is 1.50. The Morgan fingerprint density at radius 3 is 2.71 bits per heavy atom. The van der Waals surface area contributed by atoms with Crippen LogP contribution in [0.4, 0.5) is 5.82 Å². The highest BCUT2D eigenvalue weighted by Crippen LogP contribution is 2.27. The number of anilines is 1. The molecule has 1 saturated heterocycles. The highest BCUT2D eigenvalue weighted by molar-refractivity contribution is 6.01. The number of hydrogen-bond acceptors (Lipinski definition) is 3. The fraction of sp³-hybridized carbons (Fsp3) is 0.667. The zero-order valence-electron chi connectivity index (χ0n) is 12.7. The van der Waals surface area contributed by atoms with E-state index in [0.29, 0.717) is 19.4 Å². The van der Waals surface area contributed by atoms with E-state index in [0.717, 1.165) is 37.4 Å². The van der Waals surface area contributed by atoms with Gasteiger partial charge in [0.25, 0.3) is 0 Å². The predicted octanol–water partition coefficient (Wildman–Crippen LogP) is 1.33. The SMILES string of the molecule is CCC(C(=O)N1CCCC1)N1C(=O)CCn2nc(C)cc21. The molecule has 1 atom stereocenters. The Morgan fingerprint density at radius 2 is 2.05 bits per heavy atom. The molecule has 1 unspecified atom stereocenters. The van der Waals surface area contributed by atoms with E-state index in [1.165, 1.54) is 0 Å². The van der Waals surface area contributed by atoms with E-state index in [1.807, 2.05) is 29.5 Å². The third-order valence-electron chi connectivity index (χ3n) is 4.34. The molecule has 0 N–H and O–H groups in total. The van der Waals surface area contributed by atoms with Crippen LogP contribution in [0.2, 0.25) is 0 Å². The smallest absolute Gasteiger partial charge is 0.245 e. The monoisotopic (exact) mass is 290 g/mol. The molecular weight excluding hydrogens is 268 g/mol. The van der Waals surface area contributed by atoms with Crippen molar-refractivity contribution in [2.24, 2.45) is 0 Å². The summed E-state index contributed by atoms with van der Waals surface area (Å²) < 4.78 is 1.84. The average molecular weight is 290 g/mol. The van der Waals surface area contributed by atoms with E-state index in [4.69, 9.17) is 0 Å². The summed E-state index contributed by atoms with van der Waals surface area (Å²) in [7, 11) is 0. The molecular formula is C15H22N4O2. The summed E-state index contributed by atoms with van der Waals surface area (Å²) in [6.45, 7) is 6.11. The molecule has 1 aromatic rings. The number of carbonyl (C=O) groups excluding carboxylic acids is 2. The lowest BCUT2D eigenvalue weighted by Crippen LogP contribution is -2.52. The first-order chi connectivity index (χ1) is 10.1. The number of likely N-dealkylation sites (tertiary alicyclic amines) is 1. The Bertz CT molecular complexity index is 560. The van der Waals surface area contributed by atoms with E-state index >= 15 is 0 Å². The van der Waals surface area contributed by atoms with Crippen LogP contribution in [0, 0.1) is 6.92 Å². The van der Waals surface area contributed by atoms with E-state index in [9.17, 15) is 9.59 Å². The Kier molecular flexibility index (Phi) is 3.69. The summed E-state index contributed by atoms with van der Waals surface area (Å²) >= 11 is 0. The van der Waals surface area contributed by atoms with Crippen molar-refractivity contribution in [3.05, 3.63) is 11.8 Å². The van der Waals surface area contributed by atoms with Crippen LogP contribution in [0.25, 0.3) is 0 Å². The number of fused-ring (bicyclic) bond motifs is 1. The van der Waals surface area contributed by atoms with Gasteiger partial charge in [-0.05, 0) is 26.2 Å². The summed E-state index contributed by atoms with van der Waals surface area (Å²) in [5, 5.41) is 4.41. The lowest BCUT2D eigenvalue weighted by molar-refractivity contribution is -0.134. The van der Waals surface area contributed by atoms with Gasteiger partial charge >= 0.3 is 0 Å². The lowest BCUT2D eigenvalue weighted by atomic mass is 10.1. The van der Waals surface area contributed by atoms with Crippen molar-refractivity contribution in [2.45, 2.75) is 52.1 Å². The van der Waals surface area contributed by atoms with Crippen molar-refractivity contribution in [3.8, 4) is 0 Å². The van der Waals surface area contributed by atoms with Gasteiger partial charge in [-0.15, -0.1) is 0 Å². The molecule has 3 heterocycles. The number of rotatable bonds is 3. The number of amides is 2. The summed E-state index contributed by atoms with van der Waals surface area (Å²) in [6.07, 6.45) is 3.17. The molecule has 3 rings (SSSR count). The molecule has 0 aliphatic carbocycles. The minimum absolute atomic E-state index is 0.0294. The molecule has 0 radical (unpaired) electrons. The molecule has 21 heavy (non-hydrogen) atoms. The molecule has 1 aromatic heterocycles. The second-order valence-corrected chi connectivity index (χ2v) is 5.84. The number of carbonyl (C=O) groups is 2. The van der Waals surface area contributed by atoms with Crippen molar-refractivity contribution in [1.29, 1.82) is 0 Å². The topological polar surface area (TPSA) is 58.4 Å². The second kappa shape index (κ2) is 5.50. The van der Waals surface area contributed by atoms with Crippen LogP contribution < -0.4 is 4.90 Å². The number of aromatic nitrogens is 2. The van der Waals surface area contributed by atoms with Crippen molar-refractivity contribution < 1.29 is 9.59 Å². The third kappa shape index (κ3) is 2.43. The molecule has 0 saturated carbocycles. The van der Waals surface area contributed by atoms with Gasteiger partial charge < -0.3 is 4.90 Å². The van der Waals surface area contributed by atoms with Gasteiger partial charge in [0.2, 0.25) is 11.8 Å². The van der Waals surface area contributed by atoms with Crippen LogP contribution in [0.1, 0.15) is 38.3 Å². The summed E-state index contributed by atoms with van der Waals surface area (Å²) in [4.78, 5) is 28.7. The Hall–Kier alpha value is -1.85. The van der Waals surface area contributed by atoms with Crippen LogP contribution in [0.5, 0.6) is 0 Å². The van der Waals surface area contributed by atoms with Crippen LogP contribution in [0.3, 0.4) is 0 Å². The predicted molar refractivity (Wildman–Crippen MR) is 79.0 cm³/mol. The third-order valence-corrected chi connectivity index (χ3v) is 4.34. The Morgan fingerprint density at radius 1 is 1.33 bits per heavy atom. The van der Waals surface area contributed by atoms with Gasteiger partial charge in [0, 0.05) is 25.6 Å². The molecule has 6 nitrogen and oxygen atoms in total. The van der Waals surface area contributed by atoms with Crippen LogP contribution in [0.15, 0.2) is 6.07 Å². The van der Waals surface area contributed by atoms with Crippen molar-refractivity contribution >= 4 is 17.6 Å². The van der Waals surface area contributed by atoms with Crippen LogP contribution in [-0.2, 0) is 16.1 Å². The van der Waals surface area contributed by atoms with Gasteiger partial charge in [0.05, 0.1) is 12.2 Å². The van der Waals surface area contributed by atoms with Crippen LogP contribution in [-0.4, -0.2) is 45.6 Å². The molecule has 2 aliphatic heterocycles. The zero-order valence-corrected chi connectivity index (χ0v) is 12.7. The molecule has 114 valence electrons. The van der Waals surface area contributed by atoms with Gasteiger partial charge in [0.15, 0.2) is 0 Å². The highest BCUT2D eigenvalue weighted by Gasteiger charge is 2.37. The van der Waals surface area contributed by atoms with Gasteiger partial charge in [-0.1, -0.05) is 6.92 Å². The molecule has 0 aromatic carbocycles. The molecule has 0 bridgehead atoms. The number of aryl methyl sites for hydroxylation is 2. The number of hydrogen-bond donors (Lipinski definition) is 0. The molecule has 2 aliphatic rings. The minimum atomic E-state index is -0.397. The fourth-order valence-corrected chi connectivity index (χ4v) is 3.29. The van der Waals surface area contributed by atoms with Crippen molar-refractivity contribution in [3.63, 3.8) is 0 Å². The first-order valence-corrected chi connectivity index (χ1v) is 7.77. The van der Waals surface area contributed by atoms with Crippen molar-refractivity contribution in [2.75, 3.05) is 18.0 Å². The van der Waals surface area contributed by atoms with E-state index < -0.39 is 6.04 Å². The molecule has 1 fully saturated rings. The lowest BCUT2D eigenvalue weighted by Gasteiger charge is -2.35. The maximum Gasteiger partial charge on any atom is 0.245 e. The minimum Gasteiger partial charge on any atom is -0.341 e. The van der Waals surface area contributed by atoms with Crippen molar-refractivity contribution in [1.82, 2.24) is 14.7 Å². The summed E-state index contributed by atoms with van der Waals surface area (Å²) in [5.41, 5.74) is 0.883. The Labute approximate surface area is 124 Å². The molecule has 6 heteroatoms. The van der Waals surface area contributed by atoms with Gasteiger partial charge in [-0.3, -0.25) is 14.5 Å². The fourth-order valence-electron chi connectivity index (χ4n) is 3.29. The van der Waals surface area contributed by atoms with E-state index in [-0.39, 0.29) is 11.8 Å². The first-order valence-electron chi connectivity index (χ1n) is 7.77. The first kappa shape index (κ1) is 14.1. The van der Waals surface area contributed by atoms with E-state index in [1.54, 1.807) is 4.90 Å². The van der Waals surface area contributed by atoms with E-state index in [2.05, 4.69) is 5.10 Å². The standard InChI is InChI=1S/C15H22N4O2/c1-3-12(15(21)17-7-4-5-8-17)19-13-10-11(2)16-18(13)9-6-14(19)20/h10,12H,3-9H2,1-2H3. The largest absolute Gasteiger partial charge is 0.341 e. The maximum atomic E-state index is 12.7. The normalized spacial score (nSPS) is 19.8. The Balaban J connectivity index is 1.92. The zero-order chi connectivity index (χ0) is 15.0. The number of nitrogens with zero attached hydrogens (tertiary/aromatic N) is 4. The van der Waals surface area contributed by atoms with Gasteiger partial charge in [0.1, 0.15) is 11.9 Å². The quantitative estimate of drug-likeness (QED) is 0.844.